The Morgan fingerprint density at radius 3 is 2.25 bits per heavy atom. The van der Waals surface area contributed by atoms with Crippen molar-refractivity contribution in [3.05, 3.63) is 87.6 Å². The second-order valence-electron chi connectivity index (χ2n) is 6.95. The number of benzene rings is 3. The van der Waals surface area contributed by atoms with Gasteiger partial charge in [0.25, 0.3) is 0 Å². The molecule has 32 heavy (non-hydrogen) atoms. The number of hydrogen-bond donors (Lipinski definition) is 0. The normalized spacial score (nSPS) is 11.5. The van der Waals surface area contributed by atoms with Crippen LogP contribution < -0.4 is 4.74 Å². The first-order chi connectivity index (χ1) is 15.2. The van der Waals surface area contributed by atoms with E-state index >= 15 is 0 Å². The maximum absolute atomic E-state index is 13.4. The second kappa shape index (κ2) is 9.19. The Morgan fingerprint density at radius 1 is 0.969 bits per heavy atom. The maximum Gasteiger partial charge on any atom is 0.175 e. The van der Waals surface area contributed by atoms with Gasteiger partial charge in [-0.3, -0.25) is 0 Å². The average molecular weight is 508 g/mol. The molecule has 0 aliphatic carbocycles. The summed E-state index contributed by atoms with van der Waals surface area (Å²) in [4.78, 5) is 5.75. The molecule has 1 heterocycles. The molecule has 0 atom stereocenters. The third kappa shape index (κ3) is 5.13. The Balaban J connectivity index is 1.70. The van der Waals surface area contributed by atoms with Crippen LogP contribution in [0.15, 0.2) is 71.6 Å². The quantitative estimate of drug-likeness (QED) is 0.284. The molecule has 164 valence electrons. The molecule has 0 aliphatic rings. The summed E-state index contributed by atoms with van der Waals surface area (Å²) in [5.41, 5.74) is 2.19. The lowest BCUT2D eigenvalue weighted by molar-refractivity contribution is 0.306. The minimum Gasteiger partial charge on any atom is -0.485 e. The molecule has 4 aromatic rings. The van der Waals surface area contributed by atoms with Gasteiger partial charge in [0.2, 0.25) is 0 Å². The van der Waals surface area contributed by atoms with Crippen LogP contribution in [0.3, 0.4) is 0 Å². The highest BCUT2D eigenvalue weighted by atomic mass is 35.5. The SMILES string of the molecule is CS(=O)(=O)c1ccc(-c2sc(COc3ccc(Cl)cc3Cl)nc2-c2ccc(F)cc2)cc1. The summed E-state index contributed by atoms with van der Waals surface area (Å²) >= 11 is 13.5. The van der Waals surface area contributed by atoms with Gasteiger partial charge in [0.05, 0.1) is 20.5 Å². The highest BCUT2D eigenvalue weighted by Crippen LogP contribution is 2.38. The predicted octanol–water partition coefficient (Wildman–Crippen LogP) is 6.91. The third-order valence-corrected chi connectivity index (χ3v) is 7.32. The van der Waals surface area contributed by atoms with Crippen molar-refractivity contribution in [1.82, 2.24) is 4.98 Å². The fourth-order valence-corrected chi connectivity index (χ4v) is 5.11. The second-order valence-corrected chi connectivity index (χ2v) is 10.9. The molecule has 0 saturated carbocycles. The van der Waals surface area contributed by atoms with E-state index in [2.05, 4.69) is 0 Å². The van der Waals surface area contributed by atoms with Crippen molar-refractivity contribution >= 4 is 44.4 Å². The largest absolute Gasteiger partial charge is 0.485 e. The number of halogens is 3. The van der Waals surface area contributed by atoms with Crippen molar-refractivity contribution in [2.45, 2.75) is 11.5 Å². The minimum absolute atomic E-state index is 0.168. The Hall–Kier alpha value is -2.45. The molecule has 0 amide bonds. The number of rotatable bonds is 6. The number of ether oxygens (including phenoxy) is 1. The molecular weight excluding hydrogens is 492 g/mol. The Labute approximate surface area is 199 Å². The molecule has 0 saturated heterocycles. The first-order valence-electron chi connectivity index (χ1n) is 9.35. The van der Waals surface area contributed by atoms with Crippen LogP contribution in [0.2, 0.25) is 10.0 Å². The summed E-state index contributed by atoms with van der Waals surface area (Å²) in [7, 11) is -3.31. The molecule has 4 nitrogen and oxygen atoms in total. The molecule has 0 spiro atoms. The summed E-state index contributed by atoms with van der Waals surface area (Å²) in [6, 6.07) is 17.6. The van der Waals surface area contributed by atoms with Gasteiger partial charge in [0.15, 0.2) is 9.84 Å². The average Bonchev–Trinajstić information content (AvgIpc) is 3.17. The molecule has 9 heteroatoms. The molecule has 0 aliphatic heterocycles. The van der Waals surface area contributed by atoms with E-state index < -0.39 is 9.84 Å². The van der Waals surface area contributed by atoms with Crippen molar-refractivity contribution in [3.8, 4) is 27.4 Å². The first kappa shape index (κ1) is 22.7. The number of hydrogen-bond acceptors (Lipinski definition) is 5. The Kier molecular flexibility index (Phi) is 6.53. The van der Waals surface area contributed by atoms with Crippen LogP contribution in [-0.4, -0.2) is 19.7 Å². The summed E-state index contributed by atoms with van der Waals surface area (Å²) in [5.74, 6) is 0.137. The maximum atomic E-state index is 13.4. The first-order valence-corrected chi connectivity index (χ1v) is 12.8. The van der Waals surface area contributed by atoms with Gasteiger partial charge in [-0.15, -0.1) is 11.3 Å². The number of nitrogens with zero attached hydrogens (tertiary/aromatic N) is 1. The molecule has 1 aromatic heterocycles. The van der Waals surface area contributed by atoms with Gasteiger partial charge < -0.3 is 4.74 Å². The molecule has 4 rings (SSSR count). The molecule has 0 unspecified atom stereocenters. The Morgan fingerprint density at radius 2 is 1.62 bits per heavy atom. The molecule has 0 radical (unpaired) electrons. The van der Waals surface area contributed by atoms with Gasteiger partial charge in [-0.2, -0.15) is 0 Å². The molecule has 0 fully saturated rings. The minimum atomic E-state index is -3.31. The molecule has 0 bridgehead atoms. The smallest absolute Gasteiger partial charge is 0.175 e. The van der Waals surface area contributed by atoms with E-state index in [0.29, 0.717) is 26.5 Å². The van der Waals surface area contributed by atoms with E-state index in [-0.39, 0.29) is 17.3 Å². The molecular formula is C23H16Cl2FNO3S2. The van der Waals surface area contributed by atoms with Crippen molar-refractivity contribution in [2.75, 3.05) is 6.26 Å². The summed E-state index contributed by atoms with van der Waals surface area (Å²) in [5, 5.41) is 1.58. The zero-order valence-electron chi connectivity index (χ0n) is 16.7. The lowest BCUT2D eigenvalue weighted by Gasteiger charge is -2.06. The monoisotopic (exact) mass is 507 g/mol. The summed E-state index contributed by atoms with van der Waals surface area (Å²) in [6.07, 6.45) is 1.16. The van der Waals surface area contributed by atoms with E-state index in [1.165, 1.54) is 23.5 Å². The van der Waals surface area contributed by atoms with Crippen LogP contribution in [0.4, 0.5) is 4.39 Å². The molecule has 0 N–H and O–H groups in total. The zero-order chi connectivity index (χ0) is 22.9. The number of sulfone groups is 1. The topological polar surface area (TPSA) is 56.3 Å². The van der Waals surface area contributed by atoms with E-state index in [1.54, 1.807) is 54.6 Å². The van der Waals surface area contributed by atoms with Gasteiger partial charge in [-0.1, -0.05) is 35.3 Å². The van der Waals surface area contributed by atoms with Crippen molar-refractivity contribution in [2.24, 2.45) is 0 Å². The molecule has 3 aromatic carbocycles. The van der Waals surface area contributed by atoms with E-state index in [1.807, 2.05) is 0 Å². The zero-order valence-corrected chi connectivity index (χ0v) is 19.8. The lowest BCUT2D eigenvalue weighted by atomic mass is 10.1. The van der Waals surface area contributed by atoms with Crippen LogP contribution in [0, 0.1) is 5.82 Å². The van der Waals surface area contributed by atoms with Gasteiger partial charge >= 0.3 is 0 Å². The van der Waals surface area contributed by atoms with Gasteiger partial charge in [0, 0.05) is 16.8 Å². The van der Waals surface area contributed by atoms with E-state index in [0.717, 1.165) is 22.3 Å². The van der Waals surface area contributed by atoms with Crippen LogP contribution in [0.25, 0.3) is 21.7 Å². The van der Waals surface area contributed by atoms with Crippen molar-refractivity contribution in [3.63, 3.8) is 0 Å². The predicted molar refractivity (Wildman–Crippen MR) is 127 cm³/mol. The number of aromatic nitrogens is 1. The van der Waals surface area contributed by atoms with E-state index in [4.69, 9.17) is 32.9 Å². The van der Waals surface area contributed by atoms with Crippen LogP contribution in [-0.2, 0) is 16.4 Å². The third-order valence-electron chi connectivity index (χ3n) is 4.58. The fourth-order valence-electron chi connectivity index (χ4n) is 3.01. The highest BCUT2D eigenvalue weighted by Gasteiger charge is 2.17. The van der Waals surface area contributed by atoms with Crippen LogP contribution in [0.1, 0.15) is 5.01 Å². The van der Waals surface area contributed by atoms with Crippen molar-refractivity contribution in [1.29, 1.82) is 0 Å². The van der Waals surface area contributed by atoms with Crippen LogP contribution >= 0.6 is 34.5 Å². The van der Waals surface area contributed by atoms with Crippen molar-refractivity contribution < 1.29 is 17.5 Å². The lowest BCUT2D eigenvalue weighted by Crippen LogP contribution is -1.96. The fraction of sp³-hybridized carbons (Fsp3) is 0.0870. The number of thiazole rings is 1. The van der Waals surface area contributed by atoms with Gasteiger partial charge in [-0.25, -0.2) is 17.8 Å². The summed E-state index contributed by atoms with van der Waals surface area (Å²) < 4.78 is 42.8. The van der Waals surface area contributed by atoms with Gasteiger partial charge in [0.1, 0.15) is 23.2 Å². The standard InChI is InChI=1S/C23H16Cl2FNO3S2/c1-32(28,29)18-9-4-15(5-10-18)23-22(14-2-7-17(26)8-3-14)27-21(31-23)13-30-20-11-6-16(24)12-19(20)25/h2-12H,13H2,1H3. The highest BCUT2D eigenvalue weighted by molar-refractivity contribution is 7.90. The van der Waals surface area contributed by atoms with E-state index in [9.17, 15) is 12.8 Å². The van der Waals surface area contributed by atoms with Crippen LogP contribution in [0.5, 0.6) is 5.75 Å². The van der Waals surface area contributed by atoms with Gasteiger partial charge in [-0.05, 0) is 60.2 Å². The Bertz CT molecular complexity index is 1370. The summed E-state index contributed by atoms with van der Waals surface area (Å²) in [6.45, 7) is 0.168.